The van der Waals surface area contributed by atoms with Crippen LogP contribution in [0.3, 0.4) is 0 Å². The van der Waals surface area contributed by atoms with E-state index in [1.807, 2.05) is 26.0 Å². The van der Waals surface area contributed by atoms with Gasteiger partial charge in [-0.3, -0.25) is 4.90 Å². The first kappa shape index (κ1) is 26.0. The molecule has 3 aromatic rings. The van der Waals surface area contributed by atoms with Crippen LogP contribution in [0.25, 0.3) is 11.1 Å². The smallest absolute Gasteiger partial charge is 0.337 e. The molecule has 0 atom stereocenters. The highest BCUT2D eigenvalue weighted by Gasteiger charge is 2.52. The molecule has 1 aliphatic heterocycles. The van der Waals surface area contributed by atoms with E-state index in [4.69, 9.17) is 14.2 Å². The van der Waals surface area contributed by atoms with Crippen molar-refractivity contribution < 1.29 is 23.4 Å². The number of benzene rings is 3. The van der Waals surface area contributed by atoms with Crippen molar-refractivity contribution in [3.63, 3.8) is 0 Å². The fraction of sp³-hybridized carbons (Fsp3) is 0.387. The lowest BCUT2D eigenvalue weighted by Crippen LogP contribution is -2.64. The van der Waals surface area contributed by atoms with Crippen LogP contribution in [0.15, 0.2) is 60.7 Å². The van der Waals surface area contributed by atoms with Crippen LogP contribution in [0.4, 0.5) is 10.1 Å². The van der Waals surface area contributed by atoms with Crippen molar-refractivity contribution in [2.75, 3.05) is 38.7 Å². The number of hydrogen-bond donors (Lipinski definition) is 1. The number of nitrogens with zero attached hydrogens (tertiary/aromatic N) is 1. The first-order chi connectivity index (χ1) is 18.4. The zero-order chi connectivity index (χ0) is 26.7. The second-order valence-electron chi connectivity index (χ2n) is 10.3. The fourth-order valence-corrected chi connectivity index (χ4v) is 5.85. The molecular formula is C31H35FN2O4. The van der Waals surface area contributed by atoms with Crippen LogP contribution in [0.2, 0.25) is 0 Å². The molecule has 1 heterocycles. The third kappa shape index (κ3) is 5.48. The monoisotopic (exact) mass is 518 g/mol. The summed E-state index contributed by atoms with van der Waals surface area (Å²) in [6.07, 6.45) is 2.28. The summed E-state index contributed by atoms with van der Waals surface area (Å²) in [5.41, 5.74) is 4.86. The Morgan fingerprint density at radius 2 is 1.58 bits per heavy atom. The van der Waals surface area contributed by atoms with Gasteiger partial charge >= 0.3 is 5.97 Å². The molecule has 1 spiro atoms. The molecule has 5 rings (SSSR count). The molecule has 0 unspecified atom stereocenters. The average molecular weight is 519 g/mol. The molecule has 1 N–H and O–H groups in total. The number of rotatable bonds is 10. The van der Waals surface area contributed by atoms with E-state index in [1.54, 1.807) is 24.3 Å². The van der Waals surface area contributed by atoms with Crippen molar-refractivity contribution >= 4 is 11.7 Å². The number of carbonyl (C=O) groups is 1. The maximum absolute atomic E-state index is 13.5. The molecule has 2 fully saturated rings. The van der Waals surface area contributed by atoms with Gasteiger partial charge in [-0.05, 0) is 91.8 Å². The van der Waals surface area contributed by atoms with Crippen molar-refractivity contribution in [1.29, 1.82) is 0 Å². The number of ether oxygens (including phenoxy) is 3. The van der Waals surface area contributed by atoms with E-state index in [0.717, 1.165) is 66.4 Å². The molecule has 0 bridgehead atoms. The fourth-order valence-electron chi connectivity index (χ4n) is 5.85. The molecule has 0 radical (unpaired) electrons. The third-order valence-corrected chi connectivity index (χ3v) is 7.42. The van der Waals surface area contributed by atoms with Gasteiger partial charge in [0.15, 0.2) is 0 Å². The molecule has 1 aliphatic carbocycles. The molecule has 1 saturated heterocycles. The number of anilines is 1. The standard InChI is InChI=1S/C31H35FN2O4/c1-4-37-27-14-21(15-28(38-5-2)29(27)22-6-10-24(32)11-7-22)18-34-19-31(20-34)16-26(17-31)33-25-12-8-23(9-13-25)30(35)36-3/h6-15,26,33H,4-5,16-20H2,1-3H3. The van der Waals surface area contributed by atoms with Crippen molar-refractivity contribution in [3.8, 4) is 22.6 Å². The molecule has 0 aromatic heterocycles. The normalized spacial score (nSPS) is 16.4. The van der Waals surface area contributed by atoms with E-state index in [1.165, 1.54) is 19.2 Å². The van der Waals surface area contributed by atoms with E-state index in [9.17, 15) is 9.18 Å². The number of halogens is 1. The zero-order valence-corrected chi connectivity index (χ0v) is 22.3. The Kier molecular flexibility index (Phi) is 7.56. The number of nitrogens with one attached hydrogen (secondary N) is 1. The van der Waals surface area contributed by atoms with Crippen molar-refractivity contribution in [3.05, 3.63) is 77.6 Å². The first-order valence-corrected chi connectivity index (χ1v) is 13.3. The molecule has 200 valence electrons. The quantitative estimate of drug-likeness (QED) is 0.325. The lowest BCUT2D eigenvalue weighted by molar-refractivity contribution is -0.0712. The summed E-state index contributed by atoms with van der Waals surface area (Å²) >= 11 is 0. The highest BCUT2D eigenvalue weighted by atomic mass is 19.1. The van der Waals surface area contributed by atoms with Gasteiger partial charge in [0.05, 0.1) is 31.5 Å². The van der Waals surface area contributed by atoms with Gasteiger partial charge in [-0.25, -0.2) is 9.18 Å². The largest absolute Gasteiger partial charge is 0.493 e. The summed E-state index contributed by atoms with van der Waals surface area (Å²) in [5, 5.41) is 3.59. The summed E-state index contributed by atoms with van der Waals surface area (Å²) in [6.45, 7) is 7.98. The zero-order valence-electron chi connectivity index (χ0n) is 22.3. The van der Waals surface area contributed by atoms with Gasteiger partial charge in [-0.2, -0.15) is 0 Å². The molecule has 0 amide bonds. The van der Waals surface area contributed by atoms with Gasteiger partial charge in [0.25, 0.3) is 0 Å². The SMILES string of the molecule is CCOc1cc(CN2CC3(CC(Nc4ccc(C(=O)OC)cc4)C3)C2)cc(OCC)c1-c1ccc(F)cc1. The lowest BCUT2D eigenvalue weighted by atomic mass is 9.60. The Morgan fingerprint density at radius 1 is 0.974 bits per heavy atom. The van der Waals surface area contributed by atoms with Gasteiger partial charge in [0, 0.05) is 31.4 Å². The maximum atomic E-state index is 13.5. The van der Waals surface area contributed by atoms with Gasteiger partial charge in [-0.15, -0.1) is 0 Å². The minimum atomic E-state index is -0.319. The predicted octanol–water partition coefficient (Wildman–Crippen LogP) is 6.15. The van der Waals surface area contributed by atoms with E-state index < -0.39 is 0 Å². The van der Waals surface area contributed by atoms with Crippen LogP contribution in [-0.2, 0) is 11.3 Å². The minimum absolute atomic E-state index is 0.266. The molecular weight excluding hydrogens is 483 g/mol. The number of likely N-dealkylation sites (tertiary alicyclic amines) is 1. The molecule has 6 nitrogen and oxygen atoms in total. The van der Waals surface area contributed by atoms with E-state index in [-0.39, 0.29) is 11.8 Å². The maximum Gasteiger partial charge on any atom is 0.337 e. The second-order valence-corrected chi connectivity index (χ2v) is 10.3. The summed E-state index contributed by atoms with van der Waals surface area (Å²) in [4.78, 5) is 14.1. The highest BCUT2D eigenvalue weighted by Crippen LogP contribution is 2.50. The lowest BCUT2D eigenvalue weighted by Gasteiger charge is -2.59. The molecule has 2 aliphatic rings. The van der Waals surface area contributed by atoms with Crippen LogP contribution in [0.1, 0.15) is 42.6 Å². The van der Waals surface area contributed by atoms with E-state index in [0.29, 0.717) is 30.2 Å². The van der Waals surface area contributed by atoms with Crippen LogP contribution in [0.5, 0.6) is 11.5 Å². The highest BCUT2D eigenvalue weighted by molar-refractivity contribution is 5.89. The Bertz CT molecular complexity index is 1240. The topological polar surface area (TPSA) is 60.0 Å². The average Bonchev–Trinajstić information content (AvgIpc) is 2.87. The predicted molar refractivity (Wildman–Crippen MR) is 146 cm³/mol. The molecule has 1 saturated carbocycles. The van der Waals surface area contributed by atoms with Crippen LogP contribution >= 0.6 is 0 Å². The molecule has 38 heavy (non-hydrogen) atoms. The number of hydrogen-bond acceptors (Lipinski definition) is 6. The summed E-state index contributed by atoms with van der Waals surface area (Å²) in [6, 6.07) is 18.6. The number of carbonyl (C=O) groups excluding carboxylic acids is 1. The molecule has 7 heteroatoms. The Labute approximate surface area is 223 Å². The minimum Gasteiger partial charge on any atom is -0.493 e. The Balaban J connectivity index is 1.20. The first-order valence-electron chi connectivity index (χ1n) is 13.3. The molecule has 3 aromatic carbocycles. The summed E-state index contributed by atoms with van der Waals surface area (Å²) in [5.74, 6) is 0.946. The van der Waals surface area contributed by atoms with Gasteiger partial charge in [-0.1, -0.05) is 12.1 Å². The van der Waals surface area contributed by atoms with Crippen LogP contribution in [-0.4, -0.2) is 50.3 Å². The van der Waals surface area contributed by atoms with Gasteiger partial charge < -0.3 is 19.5 Å². The van der Waals surface area contributed by atoms with Crippen LogP contribution in [0, 0.1) is 11.2 Å². The van der Waals surface area contributed by atoms with Gasteiger partial charge in [0.1, 0.15) is 17.3 Å². The van der Waals surface area contributed by atoms with Crippen LogP contribution < -0.4 is 14.8 Å². The van der Waals surface area contributed by atoms with E-state index >= 15 is 0 Å². The summed E-state index contributed by atoms with van der Waals surface area (Å²) < 4.78 is 30.4. The van der Waals surface area contributed by atoms with Gasteiger partial charge in [0.2, 0.25) is 0 Å². The Hall–Kier alpha value is -3.58. The number of esters is 1. The van der Waals surface area contributed by atoms with Crippen molar-refractivity contribution in [1.82, 2.24) is 4.90 Å². The second kappa shape index (κ2) is 11.0. The Morgan fingerprint density at radius 3 is 2.13 bits per heavy atom. The van der Waals surface area contributed by atoms with E-state index in [2.05, 4.69) is 22.3 Å². The number of methoxy groups -OCH3 is 1. The summed E-state index contributed by atoms with van der Waals surface area (Å²) in [7, 11) is 1.39. The van der Waals surface area contributed by atoms with Crippen molar-refractivity contribution in [2.45, 2.75) is 39.3 Å². The third-order valence-electron chi connectivity index (χ3n) is 7.42. The van der Waals surface area contributed by atoms with Crippen molar-refractivity contribution in [2.24, 2.45) is 5.41 Å².